The molecule has 0 heterocycles. The number of esters is 1. The number of carbonyl (C=O) groups excluding carboxylic acids is 1. The molecule has 1 rings (SSSR count). The number of hydrogen-bond acceptors (Lipinski definition) is 10. The molecule has 0 N–H and O–H groups in total. The van der Waals surface area contributed by atoms with Crippen molar-refractivity contribution in [1.29, 1.82) is 0 Å². The van der Waals surface area contributed by atoms with Crippen LogP contribution in [0, 0.1) is 5.41 Å². The first-order valence-corrected chi connectivity index (χ1v) is 10.5. The lowest BCUT2D eigenvalue weighted by Crippen LogP contribution is -2.27. The maximum Gasteiger partial charge on any atom is 0.311 e. The van der Waals surface area contributed by atoms with Crippen molar-refractivity contribution in [3.8, 4) is 23.0 Å². The predicted octanol–water partition coefficient (Wildman–Crippen LogP) is 4.51. The molecule has 0 spiro atoms. The molecule has 0 aliphatic rings. The first-order chi connectivity index (χ1) is 16.4. The zero-order valence-corrected chi connectivity index (χ0v) is 20.0. The fourth-order valence-corrected chi connectivity index (χ4v) is 2.13. The lowest BCUT2D eigenvalue weighted by Gasteiger charge is -2.20. The molecule has 0 radical (unpaired) electrons. The lowest BCUT2D eigenvalue weighted by atomic mass is 9.91. The van der Waals surface area contributed by atoms with Crippen molar-refractivity contribution in [1.82, 2.24) is 0 Å². The molecule has 0 saturated carbocycles. The average Bonchev–Trinajstić information content (AvgIpc) is 2.82. The highest BCUT2D eigenvalue weighted by Gasteiger charge is 2.26. The van der Waals surface area contributed by atoms with E-state index in [9.17, 15) is 4.79 Å². The topological polar surface area (TPSA) is 100 Å². The summed E-state index contributed by atoms with van der Waals surface area (Å²) in [5, 5.41) is 0. The first-order valence-electron chi connectivity index (χ1n) is 10.5. The van der Waals surface area contributed by atoms with Crippen molar-refractivity contribution in [3.63, 3.8) is 0 Å². The van der Waals surface area contributed by atoms with Crippen LogP contribution in [0.5, 0.6) is 23.0 Å². The maximum atomic E-state index is 12.0. The monoisotopic (exact) mass is 482 g/mol. The van der Waals surface area contributed by atoms with Crippen LogP contribution in [-0.2, 0) is 28.5 Å². The summed E-state index contributed by atoms with van der Waals surface area (Å²) < 4.78 is 48.1. The summed E-state index contributed by atoms with van der Waals surface area (Å²) in [4.78, 5) is 12.0. The second-order valence-electron chi connectivity index (χ2n) is 7.08. The van der Waals surface area contributed by atoms with Crippen molar-refractivity contribution >= 4 is 5.97 Å². The molecule has 0 saturated heterocycles. The normalized spacial score (nSPS) is 10.4. The summed E-state index contributed by atoms with van der Waals surface area (Å²) in [6, 6.07) is 3.12. The summed E-state index contributed by atoms with van der Waals surface area (Å²) in [6.45, 7) is 15.7. The van der Waals surface area contributed by atoms with Crippen molar-refractivity contribution in [2.24, 2.45) is 5.41 Å². The van der Waals surface area contributed by atoms with Crippen LogP contribution in [0.2, 0.25) is 0 Å². The van der Waals surface area contributed by atoms with Crippen LogP contribution in [0.15, 0.2) is 50.7 Å². The van der Waals surface area contributed by atoms with E-state index in [1.165, 1.54) is 18.8 Å². The zero-order chi connectivity index (χ0) is 25.2. The molecule has 190 valence electrons. The van der Waals surface area contributed by atoms with Crippen LogP contribution in [0.3, 0.4) is 0 Å². The lowest BCUT2D eigenvalue weighted by molar-refractivity contribution is -0.156. The van der Waals surface area contributed by atoms with E-state index < -0.39 is 5.41 Å². The number of rotatable bonds is 20. The Bertz CT molecular complexity index is 740. The van der Waals surface area contributed by atoms with E-state index in [-0.39, 0.29) is 63.6 Å². The summed E-state index contributed by atoms with van der Waals surface area (Å²) >= 11 is 0. The molecule has 0 amide bonds. The smallest absolute Gasteiger partial charge is 0.311 e. The minimum Gasteiger partial charge on any atom is -0.467 e. The highest BCUT2D eigenvalue weighted by atomic mass is 16.7. The summed E-state index contributed by atoms with van der Waals surface area (Å²) in [5.41, 5.74) is -0.533. The van der Waals surface area contributed by atoms with Gasteiger partial charge in [0.1, 0.15) is 12.4 Å². The number of benzene rings is 1. The SMILES string of the molecule is C=COCOc1cc(OCOCCOC(=O)C(C)(C)CC)cc(OCOC=C)c1OCOC=C. The Balaban J connectivity index is 2.81. The molecule has 10 nitrogen and oxygen atoms in total. The summed E-state index contributed by atoms with van der Waals surface area (Å²) in [7, 11) is 0. The number of carbonyl (C=O) groups is 1. The van der Waals surface area contributed by atoms with E-state index >= 15 is 0 Å². The van der Waals surface area contributed by atoms with Gasteiger partial charge in [0.15, 0.2) is 18.3 Å². The predicted molar refractivity (Wildman–Crippen MR) is 123 cm³/mol. The van der Waals surface area contributed by atoms with Gasteiger partial charge in [-0.05, 0) is 20.3 Å². The Hall–Kier alpha value is -3.53. The molecule has 1 aromatic carbocycles. The Morgan fingerprint density at radius 1 is 0.824 bits per heavy atom. The third-order valence-corrected chi connectivity index (χ3v) is 4.39. The van der Waals surface area contributed by atoms with E-state index in [0.717, 1.165) is 0 Å². The van der Waals surface area contributed by atoms with Crippen molar-refractivity contribution in [2.75, 3.05) is 40.4 Å². The Labute approximate surface area is 200 Å². The van der Waals surface area contributed by atoms with E-state index in [2.05, 4.69) is 19.7 Å². The number of hydrogen-bond donors (Lipinski definition) is 0. The second-order valence-corrected chi connectivity index (χ2v) is 7.08. The molecule has 0 aromatic heterocycles. The van der Waals surface area contributed by atoms with Crippen molar-refractivity contribution in [2.45, 2.75) is 27.2 Å². The van der Waals surface area contributed by atoms with Gasteiger partial charge >= 0.3 is 5.97 Å². The van der Waals surface area contributed by atoms with Crippen LogP contribution < -0.4 is 18.9 Å². The Morgan fingerprint density at radius 2 is 1.35 bits per heavy atom. The molecule has 0 aliphatic heterocycles. The van der Waals surface area contributed by atoms with Gasteiger partial charge < -0.3 is 42.6 Å². The fraction of sp³-hybridized carbons (Fsp3) is 0.458. The molecular weight excluding hydrogens is 448 g/mol. The Kier molecular flexibility index (Phi) is 13.5. The van der Waals surface area contributed by atoms with Gasteiger partial charge in [0.05, 0.1) is 30.8 Å². The summed E-state index contributed by atoms with van der Waals surface area (Å²) in [6.07, 6.45) is 4.39. The van der Waals surface area contributed by atoms with Gasteiger partial charge in [-0.15, -0.1) is 0 Å². The minimum absolute atomic E-state index is 0.111. The van der Waals surface area contributed by atoms with Crippen molar-refractivity contribution in [3.05, 3.63) is 50.7 Å². The Morgan fingerprint density at radius 3 is 1.85 bits per heavy atom. The molecule has 1 aromatic rings. The van der Waals surface area contributed by atoms with Crippen molar-refractivity contribution < 1.29 is 47.4 Å². The molecule has 0 bridgehead atoms. The zero-order valence-electron chi connectivity index (χ0n) is 20.0. The van der Waals surface area contributed by atoms with Crippen LogP contribution in [0.4, 0.5) is 0 Å². The van der Waals surface area contributed by atoms with Gasteiger partial charge in [0.2, 0.25) is 26.1 Å². The van der Waals surface area contributed by atoms with E-state index in [1.807, 2.05) is 20.8 Å². The maximum absolute atomic E-state index is 12.0. The van der Waals surface area contributed by atoms with Gasteiger partial charge in [-0.1, -0.05) is 26.7 Å². The van der Waals surface area contributed by atoms with Crippen LogP contribution in [-0.4, -0.2) is 46.4 Å². The standard InChI is InChI=1S/C24H34O10/c1-7-24(5,6)23(25)30-12-11-29-18-31-19-13-20(32-15-26-8-2)22(34-17-28-10-4)21(14-19)33-16-27-9-3/h8-10,13-14H,2-4,7,11-12,15-18H2,1,5-6H3. The fourth-order valence-electron chi connectivity index (χ4n) is 2.13. The highest BCUT2D eigenvalue weighted by Crippen LogP contribution is 2.41. The first kappa shape index (κ1) is 28.5. The summed E-state index contributed by atoms with van der Waals surface area (Å²) in [5.74, 6) is 0.791. The highest BCUT2D eigenvalue weighted by molar-refractivity contribution is 5.75. The van der Waals surface area contributed by atoms with E-state index in [0.29, 0.717) is 12.2 Å². The molecule has 0 atom stereocenters. The third-order valence-electron chi connectivity index (χ3n) is 4.39. The van der Waals surface area contributed by atoms with E-state index in [4.69, 9.17) is 42.6 Å². The molecule has 10 heteroatoms. The molecule has 0 aliphatic carbocycles. The quantitative estimate of drug-likeness (QED) is 0.114. The van der Waals surface area contributed by atoms with E-state index in [1.54, 1.807) is 12.1 Å². The van der Waals surface area contributed by atoms with Gasteiger partial charge in [0, 0.05) is 12.1 Å². The van der Waals surface area contributed by atoms with Crippen LogP contribution in [0.1, 0.15) is 27.2 Å². The van der Waals surface area contributed by atoms with Gasteiger partial charge in [0.25, 0.3) is 0 Å². The van der Waals surface area contributed by atoms with Gasteiger partial charge in [-0.25, -0.2) is 0 Å². The molecule has 0 fully saturated rings. The van der Waals surface area contributed by atoms with Crippen LogP contribution >= 0.6 is 0 Å². The minimum atomic E-state index is -0.533. The molecule has 0 unspecified atom stereocenters. The second kappa shape index (κ2) is 16.1. The third kappa shape index (κ3) is 10.4. The van der Waals surface area contributed by atoms with Gasteiger partial charge in [-0.2, -0.15) is 0 Å². The molecule has 34 heavy (non-hydrogen) atoms. The van der Waals surface area contributed by atoms with Gasteiger partial charge in [-0.3, -0.25) is 4.79 Å². The van der Waals surface area contributed by atoms with Crippen LogP contribution in [0.25, 0.3) is 0 Å². The molecular formula is C24H34O10. The number of ether oxygens (including phenoxy) is 9. The largest absolute Gasteiger partial charge is 0.467 e. The average molecular weight is 483 g/mol.